The zero-order valence-electron chi connectivity index (χ0n) is 18.1. The fraction of sp³-hybridized carbons (Fsp3) is 0.423. The molecule has 0 unspecified atom stereocenters. The van der Waals surface area contributed by atoms with Crippen molar-refractivity contribution in [2.75, 3.05) is 6.61 Å². The second-order valence-corrected chi connectivity index (χ2v) is 7.68. The van der Waals surface area contributed by atoms with Gasteiger partial charge in [0.05, 0.1) is 29.4 Å². The summed E-state index contributed by atoms with van der Waals surface area (Å²) in [5, 5.41) is 0. The van der Waals surface area contributed by atoms with Crippen LogP contribution in [0.4, 0.5) is 0 Å². The smallest absolute Gasteiger partial charge is 0.123 e. The van der Waals surface area contributed by atoms with E-state index < -0.39 is 0 Å². The van der Waals surface area contributed by atoms with E-state index in [1.54, 1.807) is 12.4 Å². The van der Waals surface area contributed by atoms with Crippen molar-refractivity contribution < 1.29 is 4.74 Å². The molecule has 0 aliphatic carbocycles. The standard InChI is InChI=1S/C26H33N3O/c1-2-3-4-5-6-7-8-9-14-19-30-22-20-25(23-15-10-12-17-27-23)29-26(21-22)24-16-11-13-18-28-24/h10-13,15-18,20-21H,2-9,14,19H2,1H3. The first-order valence-corrected chi connectivity index (χ1v) is 11.3. The lowest BCUT2D eigenvalue weighted by Gasteiger charge is -2.10. The van der Waals surface area contributed by atoms with Gasteiger partial charge in [-0.05, 0) is 30.7 Å². The number of ether oxygens (including phenoxy) is 1. The van der Waals surface area contributed by atoms with Gasteiger partial charge in [-0.15, -0.1) is 0 Å². The van der Waals surface area contributed by atoms with Crippen molar-refractivity contribution in [2.45, 2.75) is 64.7 Å². The molecule has 30 heavy (non-hydrogen) atoms. The zero-order chi connectivity index (χ0) is 20.9. The van der Waals surface area contributed by atoms with E-state index in [0.717, 1.165) is 41.6 Å². The number of nitrogens with zero attached hydrogens (tertiary/aromatic N) is 3. The number of unbranched alkanes of at least 4 members (excludes halogenated alkanes) is 8. The Morgan fingerprint density at radius 3 is 1.67 bits per heavy atom. The van der Waals surface area contributed by atoms with Crippen LogP contribution in [0.25, 0.3) is 22.8 Å². The van der Waals surface area contributed by atoms with Crippen LogP contribution in [0.3, 0.4) is 0 Å². The van der Waals surface area contributed by atoms with Crippen LogP contribution in [0.15, 0.2) is 60.9 Å². The minimum absolute atomic E-state index is 0.725. The molecule has 0 spiro atoms. The summed E-state index contributed by atoms with van der Waals surface area (Å²) in [6, 6.07) is 15.6. The fourth-order valence-electron chi connectivity index (χ4n) is 3.48. The number of hydrogen-bond acceptors (Lipinski definition) is 4. The molecule has 0 aliphatic rings. The Labute approximate surface area is 180 Å². The predicted octanol–water partition coefficient (Wildman–Crippen LogP) is 7.12. The molecule has 0 aromatic carbocycles. The molecule has 0 amide bonds. The summed E-state index contributed by atoms with van der Waals surface area (Å²) in [5.41, 5.74) is 3.29. The van der Waals surface area contributed by atoms with Crippen molar-refractivity contribution in [3.8, 4) is 28.5 Å². The summed E-state index contributed by atoms with van der Waals surface area (Å²) < 4.78 is 6.09. The second-order valence-electron chi connectivity index (χ2n) is 7.68. The van der Waals surface area contributed by atoms with Crippen LogP contribution in [0.2, 0.25) is 0 Å². The minimum atomic E-state index is 0.725. The Balaban J connectivity index is 1.55. The zero-order valence-corrected chi connectivity index (χ0v) is 18.1. The van der Waals surface area contributed by atoms with Crippen LogP contribution in [0, 0.1) is 0 Å². The molecular weight excluding hydrogens is 370 g/mol. The highest BCUT2D eigenvalue weighted by molar-refractivity contribution is 5.64. The normalized spacial score (nSPS) is 10.8. The molecule has 0 radical (unpaired) electrons. The van der Waals surface area contributed by atoms with Gasteiger partial charge in [-0.2, -0.15) is 0 Å². The Hall–Kier alpha value is -2.75. The first-order valence-electron chi connectivity index (χ1n) is 11.3. The Bertz CT molecular complexity index is 795. The van der Waals surface area contributed by atoms with Crippen molar-refractivity contribution in [3.05, 3.63) is 60.9 Å². The highest BCUT2D eigenvalue weighted by Crippen LogP contribution is 2.26. The van der Waals surface area contributed by atoms with Gasteiger partial charge in [0.15, 0.2) is 0 Å². The largest absolute Gasteiger partial charge is 0.493 e. The van der Waals surface area contributed by atoms with Crippen molar-refractivity contribution >= 4 is 0 Å². The SMILES string of the molecule is CCCCCCCCCCCOc1cc(-c2ccccn2)nc(-c2ccccn2)c1. The molecule has 0 saturated carbocycles. The van der Waals surface area contributed by atoms with E-state index >= 15 is 0 Å². The summed E-state index contributed by atoms with van der Waals surface area (Å²) in [5.74, 6) is 0.825. The number of aromatic nitrogens is 3. The molecule has 158 valence electrons. The van der Waals surface area contributed by atoms with Gasteiger partial charge in [0.25, 0.3) is 0 Å². The van der Waals surface area contributed by atoms with E-state index in [9.17, 15) is 0 Å². The molecule has 0 N–H and O–H groups in total. The second kappa shape index (κ2) is 12.7. The third-order valence-electron chi connectivity index (χ3n) is 5.17. The van der Waals surface area contributed by atoms with Gasteiger partial charge in [-0.1, -0.05) is 70.4 Å². The third-order valence-corrected chi connectivity index (χ3v) is 5.17. The van der Waals surface area contributed by atoms with Gasteiger partial charge >= 0.3 is 0 Å². The topological polar surface area (TPSA) is 47.9 Å². The molecule has 3 aromatic rings. The average Bonchev–Trinajstić information content (AvgIpc) is 2.81. The van der Waals surface area contributed by atoms with Gasteiger partial charge in [0.2, 0.25) is 0 Å². The molecule has 3 rings (SSSR count). The molecule has 0 fully saturated rings. The first kappa shape index (κ1) is 21.9. The Morgan fingerprint density at radius 2 is 1.17 bits per heavy atom. The quantitative estimate of drug-likeness (QED) is 0.285. The summed E-state index contributed by atoms with van der Waals surface area (Å²) in [4.78, 5) is 13.7. The summed E-state index contributed by atoms with van der Waals surface area (Å²) in [6.07, 6.45) is 15.3. The molecule has 3 heterocycles. The van der Waals surface area contributed by atoms with Crippen LogP contribution in [-0.2, 0) is 0 Å². The van der Waals surface area contributed by atoms with E-state index in [-0.39, 0.29) is 0 Å². The van der Waals surface area contributed by atoms with Crippen LogP contribution in [0.5, 0.6) is 5.75 Å². The molecule has 0 aliphatic heterocycles. The van der Waals surface area contributed by atoms with Crippen LogP contribution in [0.1, 0.15) is 64.7 Å². The highest BCUT2D eigenvalue weighted by Gasteiger charge is 2.09. The first-order chi connectivity index (χ1) is 14.9. The lowest BCUT2D eigenvalue weighted by atomic mass is 10.1. The maximum Gasteiger partial charge on any atom is 0.123 e. The van der Waals surface area contributed by atoms with E-state index in [1.807, 2.05) is 48.5 Å². The summed E-state index contributed by atoms with van der Waals surface area (Å²) in [7, 11) is 0. The van der Waals surface area contributed by atoms with Gasteiger partial charge in [-0.25, -0.2) is 4.98 Å². The molecule has 4 nitrogen and oxygen atoms in total. The molecule has 4 heteroatoms. The molecule has 0 bridgehead atoms. The maximum atomic E-state index is 6.09. The van der Waals surface area contributed by atoms with Crippen LogP contribution < -0.4 is 4.74 Å². The monoisotopic (exact) mass is 403 g/mol. The fourth-order valence-corrected chi connectivity index (χ4v) is 3.48. The molecule has 0 saturated heterocycles. The average molecular weight is 404 g/mol. The lowest BCUT2D eigenvalue weighted by Crippen LogP contribution is -2.00. The Morgan fingerprint density at radius 1 is 0.633 bits per heavy atom. The number of pyridine rings is 3. The van der Waals surface area contributed by atoms with E-state index in [4.69, 9.17) is 9.72 Å². The summed E-state index contributed by atoms with van der Waals surface area (Å²) in [6.45, 7) is 2.99. The number of rotatable bonds is 13. The van der Waals surface area contributed by atoms with Crippen molar-refractivity contribution in [1.82, 2.24) is 15.0 Å². The minimum Gasteiger partial charge on any atom is -0.493 e. The molecule has 0 atom stereocenters. The van der Waals surface area contributed by atoms with Gasteiger partial charge in [-0.3, -0.25) is 9.97 Å². The van der Waals surface area contributed by atoms with Crippen molar-refractivity contribution in [2.24, 2.45) is 0 Å². The molecular formula is C26H33N3O. The van der Waals surface area contributed by atoms with Gasteiger partial charge in [0.1, 0.15) is 5.75 Å². The van der Waals surface area contributed by atoms with E-state index in [2.05, 4.69) is 16.9 Å². The number of hydrogen-bond donors (Lipinski definition) is 0. The summed E-state index contributed by atoms with van der Waals surface area (Å²) >= 11 is 0. The van der Waals surface area contributed by atoms with Crippen LogP contribution >= 0.6 is 0 Å². The van der Waals surface area contributed by atoms with Crippen LogP contribution in [-0.4, -0.2) is 21.6 Å². The van der Waals surface area contributed by atoms with E-state index in [0.29, 0.717) is 0 Å². The highest BCUT2D eigenvalue weighted by atomic mass is 16.5. The molecule has 3 aromatic heterocycles. The predicted molar refractivity (Wildman–Crippen MR) is 123 cm³/mol. The Kier molecular flexibility index (Phi) is 9.32. The van der Waals surface area contributed by atoms with E-state index in [1.165, 1.54) is 51.4 Å². The van der Waals surface area contributed by atoms with Gasteiger partial charge in [0, 0.05) is 24.5 Å². The lowest BCUT2D eigenvalue weighted by molar-refractivity contribution is 0.304. The van der Waals surface area contributed by atoms with Crippen molar-refractivity contribution in [3.63, 3.8) is 0 Å². The van der Waals surface area contributed by atoms with Gasteiger partial charge < -0.3 is 4.74 Å². The van der Waals surface area contributed by atoms with Crippen molar-refractivity contribution in [1.29, 1.82) is 0 Å². The maximum absolute atomic E-state index is 6.09. The third kappa shape index (κ3) is 7.25.